The predicted octanol–water partition coefficient (Wildman–Crippen LogP) is 4.08. The summed E-state index contributed by atoms with van der Waals surface area (Å²) >= 11 is 0. The summed E-state index contributed by atoms with van der Waals surface area (Å²) in [5.74, 6) is 0.870. The van der Waals surface area contributed by atoms with Crippen LogP contribution in [0, 0.1) is 6.92 Å². The Bertz CT molecular complexity index is 741. The first kappa shape index (κ1) is 13.6. The first-order chi connectivity index (χ1) is 10.1. The summed E-state index contributed by atoms with van der Waals surface area (Å²) < 4.78 is 7.59. The zero-order valence-corrected chi connectivity index (χ0v) is 12.5. The van der Waals surface area contributed by atoms with E-state index in [2.05, 4.69) is 39.7 Å². The van der Waals surface area contributed by atoms with Gasteiger partial charge < -0.3 is 9.30 Å². The Labute approximate surface area is 123 Å². The summed E-state index contributed by atoms with van der Waals surface area (Å²) in [4.78, 5) is 2.90. The number of benzene rings is 1. The fourth-order valence-corrected chi connectivity index (χ4v) is 3.09. The van der Waals surface area contributed by atoms with Gasteiger partial charge in [-0.2, -0.15) is 0 Å². The predicted molar refractivity (Wildman–Crippen MR) is 82.6 cm³/mol. The fraction of sp³-hybridized carbons (Fsp3) is 0.375. The van der Waals surface area contributed by atoms with Crippen molar-refractivity contribution in [3.63, 3.8) is 0 Å². The maximum absolute atomic E-state index is 8.59. The molecule has 1 atom stereocenters. The molecule has 0 radical (unpaired) electrons. The normalized spacial score (nSPS) is 13.3. The summed E-state index contributed by atoms with van der Waals surface area (Å²) in [6.07, 6.45) is 0.957. The van der Waals surface area contributed by atoms with Crippen molar-refractivity contribution >= 4 is 0 Å². The molecule has 1 aliphatic carbocycles. The average Bonchev–Trinajstić information content (AvgIpc) is 2.95. The summed E-state index contributed by atoms with van der Waals surface area (Å²) in [7, 11) is 1.69. The lowest BCUT2D eigenvalue weighted by Crippen LogP contribution is -2.12. The molecular weight excluding hydrogens is 264 g/mol. The van der Waals surface area contributed by atoms with Gasteiger partial charge in [-0.05, 0) is 41.8 Å². The smallest absolute Gasteiger partial charge is 0.119 e. The number of rotatable bonds is 4. The third kappa shape index (κ3) is 2.26. The van der Waals surface area contributed by atoms with Crippen LogP contribution in [0.1, 0.15) is 23.7 Å². The average molecular weight is 282 g/mol. The molecule has 1 aliphatic rings. The molecule has 0 saturated carbocycles. The van der Waals surface area contributed by atoms with Crippen LogP contribution in [0.4, 0.5) is 0 Å². The molecule has 21 heavy (non-hydrogen) atoms. The van der Waals surface area contributed by atoms with E-state index < -0.39 is 0 Å². The molecule has 0 saturated heterocycles. The second kappa shape index (κ2) is 5.19. The highest BCUT2D eigenvalue weighted by Gasteiger charge is 2.24. The van der Waals surface area contributed by atoms with E-state index in [1.807, 2.05) is 13.0 Å². The Balaban J connectivity index is 2.08. The molecule has 0 N–H and O–H groups in total. The second-order valence-electron chi connectivity index (χ2n) is 5.52. The van der Waals surface area contributed by atoms with E-state index in [1.165, 1.54) is 28.1 Å². The van der Waals surface area contributed by atoms with Gasteiger partial charge in [0.2, 0.25) is 0 Å². The number of ether oxygens (including phenoxy) is 1. The van der Waals surface area contributed by atoms with Gasteiger partial charge in [-0.15, -0.1) is 0 Å². The number of aryl methyl sites for hydroxylation is 1. The topological polar surface area (TPSA) is 62.9 Å². The van der Waals surface area contributed by atoms with Crippen molar-refractivity contribution in [2.24, 2.45) is 5.11 Å². The zero-order chi connectivity index (χ0) is 15.0. The lowest BCUT2D eigenvalue weighted by atomic mass is 10.1. The van der Waals surface area contributed by atoms with Gasteiger partial charge >= 0.3 is 0 Å². The van der Waals surface area contributed by atoms with E-state index in [0.29, 0.717) is 6.54 Å². The molecular formula is C16H18N4O. The third-order valence-corrected chi connectivity index (χ3v) is 4.03. The van der Waals surface area contributed by atoms with Gasteiger partial charge in [0.1, 0.15) is 5.75 Å². The summed E-state index contributed by atoms with van der Waals surface area (Å²) in [5, 5.41) is 3.79. The summed E-state index contributed by atoms with van der Waals surface area (Å²) in [6.45, 7) is 4.73. The van der Waals surface area contributed by atoms with Crippen molar-refractivity contribution in [2.75, 3.05) is 7.11 Å². The molecule has 1 unspecified atom stereocenters. The molecule has 0 aliphatic heterocycles. The maximum atomic E-state index is 8.59. The maximum Gasteiger partial charge on any atom is 0.119 e. The van der Waals surface area contributed by atoms with Crippen LogP contribution in [-0.2, 0) is 13.0 Å². The fourth-order valence-electron chi connectivity index (χ4n) is 3.09. The van der Waals surface area contributed by atoms with Gasteiger partial charge in [0, 0.05) is 29.1 Å². The molecule has 5 nitrogen and oxygen atoms in total. The molecule has 1 aromatic carbocycles. The van der Waals surface area contributed by atoms with Crippen molar-refractivity contribution in [3.8, 4) is 17.0 Å². The standard InChI is InChI=1S/C16H18N4O/c1-10(18-19-17)9-20-11(2)6-13-7-12-4-5-14(21-3)8-15(12)16(13)20/h4-6,8,10H,7,9H2,1-3H3. The molecule has 3 rings (SSSR count). The SMILES string of the molecule is COc1ccc2c(c1)-c1c(cc(C)n1CC(C)N=[N+]=[N-])C2. The number of hydrogen-bond acceptors (Lipinski definition) is 2. The summed E-state index contributed by atoms with van der Waals surface area (Å²) in [5.41, 5.74) is 14.9. The second-order valence-corrected chi connectivity index (χ2v) is 5.52. The molecule has 1 aromatic heterocycles. The largest absolute Gasteiger partial charge is 0.497 e. The number of fused-ring (bicyclic) bond motifs is 3. The van der Waals surface area contributed by atoms with Crippen molar-refractivity contribution in [2.45, 2.75) is 32.9 Å². The van der Waals surface area contributed by atoms with Gasteiger partial charge in [-0.3, -0.25) is 0 Å². The van der Waals surface area contributed by atoms with E-state index in [4.69, 9.17) is 10.3 Å². The molecule has 5 heteroatoms. The van der Waals surface area contributed by atoms with Crippen LogP contribution in [0.3, 0.4) is 0 Å². The molecule has 0 bridgehead atoms. The Morgan fingerprint density at radius 3 is 2.90 bits per heavy atom. The van der Waals surface area contributed by atoms with Gasteiger partial charge in [-0.1, -0.05) is 18.1 Å². The van der Waals surface area contributed by atoms with Crippen molar-refractivity contribution in [1.82, 2.24) is 4.57 Å². The molecule has 0 fully saturated rings. The Hall–Kier alpha value is -2.39. The van der Waals surface area contributed by atoms with E-state index in [9.17, 15) is 0 Å². The van der Waals surface area contributed by atoms with Crippen LogP contribution >= 0.6 is 0 Å². The number of aromatic nitrogens is 1. The van der Waals surface area contributed by atoms with Crippen LogP contribution in [0.2, 0.25) is 0 Å². The molecule has 0 amide bonds. The van der Waals surface area contributed by atoms with E-state index in [0.717, 1.165) is 12.2 Å². The zero-order valence-electron chi connectivity index (χ0n) is 12.5. The highest BCUT2D eigenvalue weighted by atomic mass is 16.5. The van der Waals surface area contributed by atoms with Crippen LogP contribution in [0.15, 0.2) is 29.4 Å². The first-order valence-corrected chi connectivity index (χ1v) is 7.04. The molecule has 1 heterocycles. The van der Waals surface area contributed by atoms with E-state index in [-0.39, 0.29) is 6.04 Å². The quantitative estimate of drug-likeness (QED) is 0.404. The number of hydrogen-bond donors (Lipinski definition) is 0. The van der Waals surface area contributed by atoms with E-state index in [1.54, 1.807) is 7.11 Å². The Kier molecular flexibility index (Phi) is 3.35. The van der Waals surface area contributed by atoms with Crippen LogP contribution < -0.4 is 4.74 Å². The Morgan fingerprint density at radius 1 is 1.38 bits per heavy atom. The number of nitrogens with zero attached hydrogens (tertiary/aromatic N) is 4. The van der Waals surface area contributed by atoms with Gasteiger partial charge in [0.05, 0.1) is 18.8 Å². The van der Waals surface area contributed by atoms with Crippen LogP contribution in [0.25, 0.3) is 21.7 Å². The minimum Gasteiger partial charge on any atom is -0.497 e. The lowest BCUT2D eigenvalue weighted by molar-refractivity contribution is 0.415. The van der Waals surface area contributed by atoms with E-state index >= 15 is 0 Å². The van der Waals surface area contributed by atoms with Crippen molar-refractivity contribution in [1.29, 1.82) is 0 Å². The molecule has 108 valence electrons. The van der Waals surface area contributed by atoms with Crippen molar-refractivity contribution in [3.05, 3.63) is 51.5 Å². The minimum atomic E-state index is -0.0696. The number of azide groups is 1. The highest BCUT2D eigenvalue weighted by Crippen LogP contribution is 2.40. The monoisotopic (exact) mass is 282 g/mol. The van der Waals surface area contributed by atoms with Gasteiger partial charge in [0.15, 0.2) is 0 Å². The lowest BCUT2D eigenvalue weighted by Gasteiger charge is -2.14. The van der Waals surface area contributed by atoms with Gasteiger partial charge in [-0.25, -0.2) is 0 Å². The third-order valence-electron chi connectivity index (χ3n) is 4.03. The van der Waals surface area contributed by atoms with Crippen LogP contribution in [-0.4, -0.2) is 17.7 Å². The molecule has 0 spiro atoms. The highest BCUT2D eigenvalue weighted by molar-refractivity contribution is 5.76. The Morgan fingerprint density at radius 2 is 2.19 bits per heavy atom. The number of methoxy groups -OCH3 is 1. The first-order valence-electron chi connectivity index (χ1n) is 7.04. The molecule has 2 aromatic rings. The van der Waals surface area contributed by atoms with Gasteiger partial charge in [0.25, 0.3) is 0 Å². The summed E-state index contributed by atoms with van der Waals surface area (Å²) in [6, 6.07) is 8.38. The van der Waals surface area contributed by atoms with Crippen LogP contribution in [0.5, 0.6) is 5.75 Å². The van der Waals surface area contributed by atoms with Crippen molar-refractivity contribution < 1.29 is 4.74 Å². The minimum absolute atomic E-state index is 0.0696.